The highest BCUT2D eigenvalue weighted by molar-refractivity contribution is 7.80. The molecule has 0 radical (unpaired) electrons. The summed E-state index contributed by atoms with van der Waals surface area (Å²) in [4.78, 5) is 34.0. The number of hydrogen-bond acceptors (Lipinski definition) is 7. The summed E-state index contributed by atoms with van der Waals surface area (Å²) in [6.07, 6.45) is 1.33. The maximum absolute atomic E-state index is 12.8. The summed E-state index contributed by atoms with van der Waals surface area (Å²) in [5.41, 5.74) is -0.838. The molecule has 2 amide bonds. The topological polar surface area (TPSA) is 84.0 Å². The predicted molar refractivity (Wildman–Crippen MR) is 119 cm³/mol. The first-order valence-electron chi connectivity index (χ1n) is 9.93. The molecule has 2 atom stereocenters. The molecule has 2 aliphatic heterocycles. The summed E-state index contributed by atoms with van der Waals surface area (Å²) >= 11 is 6.90. The van der Waals surface area contributed by atoms with Gasteiger partial charge in [-0.3, -0.25) is 14.9 Å². The van der Waals surface area contributed by atoms with Crippen LogP contribution in [0.15, 0.2) is 42.6 Å². The van der Waals surface area contributed by atoms with E-state index >= 15 is 0 Å². The van der Waals surface area contributed by atoms with Crippen LogP contribution in [-0.4, -0.2) is 56.7 Å². The smallest absolute Gasteiger partial charge is 0.410 e. The first-order valence-corrected chi connectivity index (χ1v) is 11.1. The number of thiocarbonyl (C=S) groups is 1. The molecule has 1 N–H and O–H groups in total. The second-order valence-corrected chi connectivity index (χ2v) is 9.79. The van der Waals surface area contributed by atoms with Gasteiger partial charge in [0.05, 0.1) is 18.0 Å². The minimum Gasteiger partial charge on any atom is -0.444 e. The van der Waals surface area contributed by atoms with E-state index in [0.717, 1.165) is 4.88 Å². The number of carbonyl (C=O) groups is 2. The molecule has 0 spiro atoms. The Bertz CT molecular complexity index is 977. The van der Waals surface area contributed by atoms with Crippen molar-refractivity contribution < 1.29 is 19.2 Å². The quantitative estimate of drug-likeness (QED) is 0.689. The molecule has 10 heteroatoms. The van der Waals surface area contributed by atoms with E-state index in [1.807, 2.05) is 32.9 Å². The van der Waals surface area contributed by atoms with Crippen molar-refractivity contribution in [2.45, 2.75) is 31.9 Å². The predicted octanol–water partition coefficient (Wildman–Crippen LogP) is 3.17. The number of benzene rings is 1. The van der Waals surface area contributed by atoms with Crippen LogP contribution in [0.5, 0.6) is 0 Å². The van der Waals surface area contributed by atoms with Gasteiger partial charge < -0.3 is 9.64 Å². The maximum atomic E-state index is 12.8. The minimum atomic E-state index is -0.737. The van der Waals surface area contributed by atoms with Crippen LogP contribution in [-0.2, 0) is 15.1 Å². The van der Waals surface area contributed by atoms with Gasteiger partial charge in [-0.25, -0.2) is 14.2 Å². The number of aromatic nitrogens is 1. The third-order valence-corrected chi connectivity index (χ3v) is 6.45. The van der Waals surface area contributed by atoms with Crippen molar-refractivity contribution >= 4 is 40.9 Å². The van der Waals surface area contributed by atoms with Crippen molar-refractivity contribution in [1.29, 1.82) is 0 Å². The Kier molecular flexibility index (Phi) is 5.71. The monoisotopic (exact) mass is 460 g/mol. The van der Waals surface area contributed by atoms with Crippen LogP contribution in [0.1, 0.15) is 36.0 Å². The SMILES string of the molecule is CC(C)(C)OC(=O)N1CC2CON(C(=S)NC(=O)c3ccccc3)C2(c2ccns2)C1. The molecule has 1 aromatic carbocycles. The van der Waals surface area contributed by atoms with Gasteiger partial charge in [-0.15, -0.1) is 0 Å². The van der Waals surface area contributed by atoms with Gasteiger partial charge in [-0.1, -0.05) is 18.2 Å². The van der Waals surface area contributed by atoms with Crippen LogP contribution in [0, 0.1) is 5.92 Å². The molecule has 0 bridgehead atoms. The lowest BCUT2D eigenvalue weighted by atomic mass is 9.87. The summed E-state index contributed by atoms with van der Waals surface area (Å²) in [6, 6.07) is 10.7. The van der Waals surface area contributed by atoms with E-state index in [2.05, 4.69) is 9.69 Å². The molecule has 2 unspecified atom stereocenters. The Labute approximate surface area is 190 Å². The van der Waals surface area contributed by atoms with Gasteiger partial charge >= 0.3 is 6.09 Å². The summed E-state index contributed by atoms with van der Waals surface area (Å²) in [5, 5.41) is 4.47. The Morgan fingerprint density at radius 3 is 2.68 bits per heavy atom. The van der Waals surface area contributed by atoms with Crippen molar-refractivity contribution in [2.75, 3.05) is 19.7 Å². The van der Waals surface area contributed by atoms with E-state index in [9.17, 15) is 9.59 Å². The first-order chi connectivity index (χ1) is 14.7. The fourth-order valence-corrected chi connectivity index (χ4v) is 5.07. The number of amides is 2. The van der Waals surface area contributed by atoms with Gasteiger partial charge in [0.15, 0.2) is 0 Å². The Hall–Kier alpha value is -2.56. The second kappa shape index (κ2) is 8.18. The highest BCUT2D eigenvalue weighted by atomic mass is 32.1. The molecule has 2 aliphatic rings. The van der Waals surface area contributed by atoms with Crippen molar-refractivity contribution in [3.8, 4) is 0 Å². The highest BCUT2D eigenvalue weighted by Crippen LogP contribution is 2.48. The van der Waals surface area contributed by atoms with E-state index in [0.29, 0.717) is 25.3 Å². The van der Waals surface area contributed by atoms with Crippen molar-refractivity contribution in [3.05, 3.63) is 53.0 Å². The van der Waals surface area contributed by atoms with Crippen molar-refractivity contribution in [1.82, 2.24) is 19.7 Å². The first kappa shape index (κ1) is 21.7. The number of carbonyl (C=O) groups excluding carboxylic acids is 2. The average molecular weight is 461 g/mol. The number of hydrogen-bond donors (Lipinski definition) is 1. The lowest BCUT2D eigenvalue weighted by Gasteiger charge is -2.36. The number of fused-ring (bicyclic) bond motifs is 1. The molecular weight excluding hydrogens is 436 g/mol. The Balaban J connectivity index is 1.59. The zero-order chi connectivity index (χ0) is 22.2. The Morgan fingerprint density at radius 1 is 1.29 bits per heavy atom. The molecule has 31 heavy (non-hydrogen) atoms. The molecular formula is C21H24N4O4S2. The number of nitrogens with one attached hydrogen (secondary N) is 1. The summed E-state index contributed by atoms with van der Waals surface area (Å²) < 4.78 is 9.83. The van der Waals surface area contributed by atoms with Gasteiger partial charge in [0.2, 0.25) is 5.11 Å². The zero-order valence-electron chi connectivity index (χ0n) is 17.5. The second-order valence-electron chi connectivity index (χ2n) is 8.57. The number of nitrogens with zero attached hydrogens (tertiary/aromatic N) is 3. The molecule has 4 rings (SSSR count). The summed E-state index contributed by atoms with van der Waals surface area (Å²) in [5.74, 6) is -0.369. The number of ether oxygens (including phenoxy) is 1. The van der Waals surface area contributed by atoms with Crippen LogP contribution in [0.4, 0.5) is 4.79 Å². The van der Waals surface area contributed by atoms with Gasteiger partial charge in [0.25, 0.3) is 5.91 Å². The largest absolute Gasteiger partial charge is 0.444 e. The fraction of sp³-hybridized carbons (Fsp3) is 0.429. The van der Waals surface area contributed by atoms with Crippen LogP contribution < -0.4 is 5.32 Å². The molecule has 164 valence electrons. The molecule has 2 saturated heterocycles. The maximum Gasteiger partial charge on any atom is 0.410 e. The van der Waals surface area contributed by atoms with Crippen LogP contribution in [0.2, 0.25) is 0 Å². The minimum absolute atomic E-state index is 0.0490. The van der Waals surface area contributed by atoms with Crippen molar-refractivity contribution in [3.63, 3.8) is 0 Å². The van der Waals surface area contributed by atoms with Gasteiger partial charge in [0.1, 0.15) is 11.1 Å². The van der Waals surface area contributed by atoms with E-state index in [4.69, 9.17) is 21.8 Å². The number of hydroxylamine groups is 2. The molecule has 2 aromatic rings. The van der Waals surface area contributed by atoms with E-state index < -0.39 is 11.1 Å². The highest BCUT2D eigenvalue weighted by Gasteiger charge is 2.60. The molecule has 0 aliphatic carbocycles. The standard InChI is InChI=1S/C21H24N4O4S2/c1-20(2,3)29-19(27)24-11-15-12-28-25(21(15,13-24)16-9-10-22-31-16)18(30)23-17(26)14-7-5-4-6-8-14/h4-10,15H,11-13H2,1-3H3,(H,23,26,30). The summed E-state index contributed by atoms with van der Waals surface area (Å²) in [7, 11) is 0. The van der Waals surface area contributed by atoms with Crippen LogP contribution in [0.3, 0.4) is 0 Å². The summed E-state index contributed by atoms with van der Waals surface area (Å²) in [6.45, 7) is 6.65. The molecule has 1 aromatic heterocycles. The third kappa shape index (κ3) is 4.15. The zero-order valence-corrected chi connectivity index (χ0v) is 19.2. The molecule has 2 fully saturated rings. The normalized spacial score (nSPS) is 22.9. The van der Waals surface area contributed by atoms with E-state index in [-0.39, 0.29) is 23.0 Å². The molecule has 0 saturated carbocycles. The molecule has 8 nitrogen and oxygen atoms in total. The van der Waals surface area contributed by atoms with Crippen molar-refractivity contribution in [2.24, 2.45) is 5.92 Å². The number of likely N-dealkylation sites (tertiary alicyclic amines) is 1. The lowest BCUT2D eigenvalue weighted by molar-refractivity contribution is -0.104. The van der Waals surface area contributed by atoms with Crippen LogP contribution in [0.25, 0.3) is 0 Å². The van der Waals surface area contributed by atoms with E-state index in [1.54, 1.807) is 40.4 Å². The average Bonchev–Trinajstić information content (AvgIpc) is 3.42. The third-order valence-electron chi connectivity index (χ3n) is 5.27. The molecule has 3 heterocycles. The number of rotatable bonds is 2. The van der Waals surface area contributed by atoms with Gasteiger partial charge in [-0.05, 0) is 62.7 Å². The fourth-order valence-electron chi connectivity index (χ4n) is 3.94. The lowest BCUT2D eigenvalue weighted by Crippen LogP contribution is -2.53. The van der Waals surface area contributed by atoms with Crippen LogP contribution >= 0.6 is 23.8 Å². The van der Waals surface area contributed by atoms with Gasteiger partial charge in [-0.2, -0.15) is 0 Å². The van der Waals surface area contributed by atoms with E-state index in [1.165, 1.54) is 11.5 Å². The van der Waals surface area contributed by atoms with Gasteiger partial charge in [0, 0.05) is 24.2 Å². The Morgan fingerprint density at radius 2 is 2.03 bits per heavy atom.